The van der Waals surface area contributed by atoms with Gasteiger partial charge < -0.3 is 5.73 Å². The first-order valence-corrected chi connectivity index (χ1v) is 6.01. The third-order valence-corrected chi connectivity index (χ3v) is 3.71. The SMILES string of the molecule is CC1CCCC(N)(c2ccncc2F)CC1. The maximum Gasteiger partial charge on any atom is 0.146 e. The van der Waals surface area contributed by atoms with E-state index >= 15 is 0 Å². The summed E-state index contributed by atoms with van der Waals surface area (Å²) in [6, 6.07) is 1.73. The van der Waals surface area contributed by atoms with E-state index in [1.165, 1.54) is 12.6 Å². The van der Waals surface area contributed by atoms with Gasteiger partial charge in [-0.15, -0.1) is 0 Å². The van der Waals surface area contributed by atoms with E-state index in [2.05, 4.69) is 11.9 Å². The van der Waals surface area contributed by atoms with Gasteiger partial charge in [-0.3, -0.25) is 4.98 Å². The topological polar surface area (TPSA) is 38.9 Å². The number of hydrogen-bond donors (Lipinski definition) is 1. The molecule has 2 unspecified atom stereocenters. The predicted molar refractivity (Wildman–Crippen MR) is 62.3 cm³/mol. The van der Waals surface area contributed by atoms with E-state index in [1.54, 1.807) is 12.3 Å². The molecule has 3 heteroatoms. The van der Waals surface area contributed by atoms with Gasteiger partial charge in [0.2, 0.25) is 0 Å². The summed E-state index contributed by atoms with van der Waals surface area (Å²) in [6.07, 6.45) is 8.00. The van der Waals surface area contributed by atoms with Gasteiger partial charge in [0.15, 0.2) is 0 Å². The van der Waals surface area contributed by atoms with Gasteiger partial charge in [-0.1, -0.05) is 19.8 Å². The quantitative estimate of drug-likeness (QED) is 0.742. The maximum absolute atomic E-state index is 13.7. The van der Waals surface area contributed by atoms with Crippen molar-refractivity contribution in [1.29, 1.82) is 0 Å². The van der Waals surface area contributed by atoms with Crippen molar-refractivity contribution in [3.05, 3.63) is 29.8 Å². The highest BCUT2D eigenvalue weighted by atomic mass is 19.1. The molecule has 1 aliphatic rings. The lowest BCUT2D eigenvalue weighted by atomic mass is 9.84. The molecule has 1 heterocycles. The predicted octanol–water partition coefficient (Wildman–Crippen LogP) is 2.97. The van der Waals surface area contributed by atoms with Crippen molar-refractivity contribution in [2.75, 3.05) is 0 Å². The lowest BCUT2D eigenvalue weighted by Gasteiger charge is -2.28. The Hall–Kier alpha value is -0.960. The Balaban J connectivity index is 2.27. The van der Waals surface area contributed by atoms with Gasteiger partial charge in [0, 0.05) is 17.3 Å². The van der Waals surface area contributed by atoms with E-state index in [1.807, 2.05) is 0 Å². The molecule has 1 aromatic heterocycles. The summed E-state index contributed by atoms with van der Waals surface area (Å²) in [5.74, 6) is 0.440. The molecule has 2 nitrogen and oxygen atoms in total. The molecule has 1 saturated carbocycles. The molecule has 88 valence electrons. The van der Waals surface area contributed by atoms with Crippen LogP contribution < -0.4 is 5.73 Å². The number of nitrogens with two attached hydrogens (primary N) is 1. The third-order valence-electron chi connectivity index (χ3n) is 3.71. The van der Waals surface area contributed by atoms with Crippen LogP contribution in [0.25, 0.3) is 0 Å². The third kappa shape index (κ3) is 2.24. The lowest BCUT2D eigenvalue weighted by molar-refractivity contribution is 0.361. The van der Waals surface area contributed by atoms with Crippen molar-refractivity contribution in [2.45, 2.75) is 44.6 Å². The number of aromatic nitrogens is 1. The van der Waals surface area contributed by atoms with Gasteiger partial charge in [0.25, 0.3) is 0 Å². The number of halogens is 1. The summed E-state index contributed by atoms with van der Waals surface area (Å²) in [5.41, 5.74) is 6.52. The molecule has 1 fully saturated rings. The second kappa shape index (κ2) is 4.50. The summed E-state index contributed by atoms with van der Waals surface area (Å²) in [7, 11) is 0. The van der Waals surface area contributed by atoms with Gasteiger partial charge in [0.05, 0.1) is 6.20 Å². The molecule has 0 spiro atoms. The van der Waals surface area contributed by atoms with E-state index in [9.17, 15) is 4.39 Å². The highest BCUT2D eigenvalue weighted by molar-refractivity contribution is 5.23. The molecule has 0 saturated heterocycles. The van der Waals surface area contributed by atoms with Gasteiger partial charge >= 0.3 is 0 Å². The number of nitrogens with zero attached hydrogens (tertiary/aromatic N) is 1. The number of pyridine rings is 1. The van der Waals surface area contributed by atoms with Crippen molar-refractivity contribution in [1.82, 2.24) is 4.98 Å². The smallest absolute Gasteiger partial charge is 0.146 e. The molecular formula is C13H19FN2. The zero-order chi connectivity index (χ0) is 11.6. The standard InChI is InChI=1S/C13H19FN2/c1-10-3-2-6-13(15,7-4-10)11-5-8-16-9-12(11)14/h5,8-10H,2-4,6-7,15H2,1H3. The summed E-state index contributed by atoms with van der Waals surface area (Å²) in [4.78, 5) is 3.78. The molecule has 1 aliphatic carbocycles. The first-order chi connectivity index (χ1) is 7.62. The zero-order valence-electron chi connectivity index (χ0n) is 9.75. The second-order valence-corrected chi connectivity index (χ2v) is 5.05. The fraction of sp³-hybridized carbons (Fsp3) is 0.615. The van der Waals surface area contributed by atoms with Crippen molar-refractivity contribution in [2.24, 2.45) is 11.7 Å². The minimum Gasteiger partial charge on any atom is -0.321 e. The largest absolute Gasteiger partial charge is 0.321 e. The van der Waals surface area contributed by atoms with Crippen LogP contribution in [0.5, 0.6) is 0 Å². The Bertz CT molecular complexity index is 367. The van der Waals surface area contributed by atoms with Crippen LogP contribution in [0.3, 0.4) is 0 Å². The minimum absolute atomic E-state index is 0.264. The van der Waals surface area contributed by atoms with Gasteiger partial charge in [-0.05, 0) is 31.2 Å². The molecule has 2 atom stereocenters. The van der Waals surface area contributed by atoms with Crippen molar-refractivity contribution in [3.8, 4) is 0 Å². The molecule has 0 amide bonds. The minimum atomic E-state index is -0.488. The molecule has 0 radical (unpaired) electrons. The van der Waals surface area contributed by atoms with Crippen molar-refractivity contribution in [3.63, 3.8) is 0 Å². The zero-order valence-corrected chi connectivity index (χ0v) is 9.75. The van der Waals surface area contributed by atoms with Gasteiger partial charge in [0.1, 0.15) is 5.82 Å². The average molecular weight is 222 g/mol. The molecular weight excluding hydrogens is 203 g/mol. The van der Waals surface area contributed by atoms with Gasteiger partial charge in [-0.25, -0.2) is 4.39 Å². The van der Waals surface area contributed by atoms with Crippen LogP contribution in [-0.2, 0) is 5.54 Å². The van der Waals surface area contributed by atoms with Crippen LogP contribution in [0, 0.1) is 11.7 Å². The van der Waals surface area contributed by atoms with E-state index in [0.717, 1.165) is 25.7 Å². The van der Waals surface area contributed by atoms with E-state index in [0.29, 0.717) is 11.5 Å². The number of hydrogen-bond acceptors (Lipinski definition) is 2. The lowest BCUT2D eigenvalue weighted by Crippen LogP contribution is -2.37. The van der Waals surface area contributed by atoms with E-state index in [4.69, 9.17) is 5.73 Å². The molecule has 0 aromatic carbocycles. The van der Waals surface area contributed by atoms with Crippen LogP contribution in [0.1, 0.15) is 44.6 Å². The molecule has 0 bridgehead atoms. The van der Waals surface area contributed by atoms with Crippen LogP contribution in [-0.4, -0.2) is 4.98 Å². The van der Waals surface area contributed by atoms with Gasteiger partial charge in [-0.2, -0.15) is 0 Å². The van der Waals surface area contributed by atoms with Crippen molar-refractivity contribution >= 4 is 0 Å². The second-order valence-electron chi connectivity index (χ2n) is 5.05. The first kappa shape index (κ1) is 11.5. The summed E-state index contributed by atoms with van der Waals surface area (Å²) < 4.78 is 13.7. The fourth-order valence-corrected chi connectivity index (χ4v) is 2.59. The summed E-state index contributed by atoms with van der Waals surface area (Å²) in [6.45, 7) is 2.24. The van der Waals surface area contributed by atoms with Crippen LogP contribution in [0.2, 0.25) is 0 Å². The molecule has 1 aromatic rings. The van der Waals surface area contributed by atoms with Crippen LogP contribution in [0.4, 0.5) is 4.39 Å². The Morgan fingerprint density at radius 1 is 1.44 bits per heavy atom. The Morgan fingerprint density at radius 2 is 2.25 bits per heavy atom. The molecule has 16 heavy (non-hydrogen) atoms. The Labute approximate surface area is 96.1 Å². The Kier molecular flexibility index (Phi) is 3.24. The molecule has 2 rings (SSSR count). The normalized spacial score (nSPS) is 31.1. The first-order valence-electron chi connectivity index (χ1n) is 6.01. The highest BCUT2D eigenvalue weighted by Crippen LogP contribution is 2.36. The van der Waals surface area contributed by atoms with Crippen LogP contribution in [0.15, 0.2) is 18.5 Å². The van der Waals surface area contributed by atoms with Crippen molar-refractivity contribution < 1.29 is 4.39 Å². The Morgan fingerprint density at radius 3 is 3.00 bits per heavy atom. The molecule has 2 N–H and O–H groups in total. The average Bonchev–Trinajstić information content (AvgIpc) is 2.43. The number of rotatable bonds is 1. The fourth-order valence-electron chi connectivity index (χ4n) is 2.59. The van der Waals surface area contributed by atoms with E-state index in [-0.39, 0.29) is 5.82 Å². The molecule has 0 aliphatic heterocycles. The van der Waals surface area contributed by atoms with E-state index < -0.39 is 5.54 Å². The maximum atomic E-state index is 13.7. The summed E-state index contributed by atoms with van der Waals surface area (Å²) >= 11 is 0. The summed E-state index contributed by atoms with van der Waals surface area (Å²) in [5, 5.41) is 0. The highest BCUT2D eigenvalue weighted by Gasteiger charge is 2.32. The monoisotopic (exact) mass is 222 g/mol. The van der Waals surface area contributed by atoms with Crippen LogP contribution >= 0.6 is 0 Å².